The molecular weight excluding hydrogens is 671 g/mol. The fourth-order valence-electron chi connectivity index (χ4n) is 8.90. The summed E-state index contributed by atoms with van der Waals surface area (Å²) in [7, 11) is 0. The van der Waals surface area contributed by atoms with Crippen LogP contribution < -0.4 is 0 Å². The van der Waals surface area contributed by atoms with Gasteiger partial charge in [0.2, 0.25) is 0 Å². The molecule has 0 saturated heterocycles. The van der Waals surface area contributed by atoms with Crippen LogP contribution in [0.1, 0.15) is 25.0 Å². The van der Waals surface area contributed by atoms with Crippen molar-refractivity contribution in [2.24, 2.45) is 0 Å². The summed E-state index contributed by atoms with van der Waals surface area (Å²) < 4.78 is 4.96. The second-order valence-electron chi connectivity index (χ2n) is 14.9. The van der Waals surface area contributed by atoms with E-state index in [4.69, 9.17) is 15.0 Å². The predicted octanol–water partition coefficient (Wildman–Crippen LogP) is 12.2. The van der Waals surface area contributed by atoms with Gasteiger partial charge in [-0.1, -0.05) is 159 Å². The molecule has 7 aromatic carbocycles. The minimum absolute atomic E-state index is 0.180. The lowest BCUT2D eigenvalue weighted by Gasteiger charge is -2.21. The first-order chi connectivity index (χ1) is 27.1. The number of fused-ring (bicyclic) bond motifs is 9. The van der Waals surface area contributed by atoms with Crippen LogP contribution in [-0.4, -0.2) is 24.1 Å². The Labute approximate surface area is 318 Å². The van der Waals surface area contributed by atoms with Crippen LogP contribution >= 0.6 is 0 Å². The Morgan fingerprint density at radius 3 is 1.65 bits per heavy atom. The molecular formula is C50H35N5. The number of hydrogen-bond donors (Lipinski definition) is 0. The molecule has 260 valence electrons. The normalized spacial score (nSPS) is 13.1. The maximum absolute atomic E-state index is 5.09. The molecule has 5 nitrogen and oxygen atoms in total. The standard InChI is InChI=1S/C50H35N5/c1-50(2)41-27-14-12-26-39(41)44-43(50)40-30-29-38-37-25-13-15-28-42(37)54(45(38)46(40)55(44)35-22-10-5-11-23-35)36-24-16-21-34(31-36)49-52-47(32-17-6-3-7-18-32)51-48(53-49)33-19-8-4-9-20-33/h3-31H,1-2H3. The summed E-state index contributed by atoms with van der Waals surface area (Å²) in [4.78, 5) is 15.1. The third kappa shape index (κ3) is 4.69. The number of aromatic nitrogens is 5. The van der Waals surface area contributed by atoms with Gasteiger partial charge in [-0.25, -0.2) is 15.0 Å². The van der Waals surface area contributed by atoms with Crippen LogP contribution in [0.5, 0.6) is 0 Å². The Morgan fingerprint density at radius 1 is 0.418 bits per heavy atom. The van der Waals surface area contributed by atoms with Crippen molar-refractivity contribution in [1.82, 2.24) is 24.1 Å². The molecule has 55 heavy (non-hydrogen) atoms. The zero-order valence-electron chi connectivity index (χ0n) is 30.5. The van der Waals surface area contributed by atoms with Crippen LogP contribution in [0.4, 0.5) is 0 Å². The SMILES string of the molecule is CC1(C)c2ccccc2-c2c1c1ccc3c4ccccc4n(-c4cccc(-c5nc(-c6ccccc6)nc(-c6ccccc6)n5)c4)c3c1n2-c1ccccc1. The molecule has 11 rings (SSSR count). The molecule has 5 heteroatoms. The minimum atomic E-state index is -0.180. The van der Waals surface area contributed by atoms with Gasteiger partial charge >= 0.3 is 0 Å². The Bertz CT molecular complexity index is 3040. The smallest absolute Gasteiger partial charge is 0.164 e. The monoisotopic (exact) mass is 705 g/mol. The molecule has 0 bridgehead atoms. The Morgan fingerprint density at radius 2 is 0.945 bits per heavy atom. The topological polar surface area (TPSA) is 48.5 Å². The Kier molecular flexibility index (Phi) is 6.83. The lowest BCUT2D eigenvalue weighted by molar-refractivity contribution is 0.666. The molecule has 0 saturated carbocycles. The Balaban J connectivity index is 1.22. The first-order valence-corrected chi connectivity index (χ1v) is 18.8. The van der Waals surface area contributed by atoms with E-state index in [1.807, 2.05) is 60.7 Å². The van der Waals surface area contributed by atoms with Crippen LogP contribution in [0.2, 0.25) is 0 Å². The van der Waals surface area contributed by atoms with E-state index in [1.54, 1.807) is 0 Å². The van der Waals surface area contributed by atoms with Crippen molar-refractivity contribution in [2.75, 3.05) is 0 Å². The van der Waals surface area contributed by atoms with Crippen molar-refractivity contribution in [2.45, 2.75) is 19.3 Å². The van der Waals surface area contributed by atoms with Gasteiger partial charge in [0.05, 0.1) is 22.2 Å². The molecule has 0 amide bonds. The van der Waals surface area contributed by atoms with Gasteiger partial charge in [0.1, 0.15) is 0 Å². The van der Waals surface area contributed by atoms with Crippen LogP contribution in [0, 0.1) is 0 Å². The summed E-state index contributed by atoms with van der Waals surface area (Å²) in [5.41, 5.74) is 13.6. The summed E-state index contributed by atoms with van der Waals surface area (Å²) in [6.07, 6.45) is 0. The van der Waals surface area contributed by atoms with Gasteiger partial charge in [-0.2, -0.15) is 0 Å². The van der Waals surface area contributed by atoms with Gasteiger partial charge in [0, 0.05) is 55.2 Å². The van der Waals surface area contributed by atoms with Gasteiger partial charge in [0.25, 0.3) is 0 Å². The quantitative estimate of drug-likeness (QED) is 0.179. The van der Waals surface area contributed by atoms with Crippen molar-refractivity contribution in [3.05, 3.63) is 187 Å². The molecule has 0 atom stereocenters. The third-order valence-corrected chi connectivity index (χ3v) is 11.3. The molecule has 0 unspecified atom stereocenters. The van der Waals surface area contributed by atoms with Crippen molar-refractivity contribution >= 4 is 32.7 Å². The van der Waals surface area contributed by atoms with Crippen molar-refractivity contribution in [1.29, 1.82) is 0 Å². The van der Waals surface area contributed by atoms with Gasteiger partial charge in [-0.15, -0.1) is 0 Å². The largest absolute Gasteiger partial charge is 0.307 e. The summed E-state index contributed by atoms with van der Waals surface area (Å²) in [5, 5.41) is 3.69. The summed E-state index contributed by atoms with van der Waals surface area (Å²) in [5.74, 6) is 1.92. The molecule has 1 aliphatic rings. The van der Waals surface area contributed by atoms with Gasteiger partial charge in [-0.3, -0.25) is 0 Å². The van der Waals surface area contributed by atoms with Crippen LogP contribution in [-0.2, 0) is 5.41 Å². The second-order valence-corrected chi connectivity index (χ2v) is 14.9. The average Bonchev–Trinajstić information content (AvgIpc) is 3.86. The predicted molar refractivity (Wildman–Crippen MR) is 225 cm³/mol. The number of nitrogens with zero attached hydrogens (tertiary/aromatic N) is 5. The number of benzene rings is 7. The van der Waals surface area contributed by atoms with E-state index in [2.05, 4.69) is 138 Å². The van der Waals surface area contributed by atoms with Gasteiger partial charge < -0.3 is 9.13 Å². The molecule has 3 heterocycles. The number of rotatable bonds is 5. The Hall–Kier alpha value is -7.11. The molecule has 0 radical (unpaired) electrons. The zero-order valence-corrected chi connectivity index (χ0v) is 30.5. The van der Waals surface area contributed by atoms with Crippen molar-refractivity contribution in [3.63, 3.8) is 0 Å². The maximum atomic E-state index is 5.09. The van der Waals surface area contributed by atoms with Crippen LogP contribution in [0.15, 0.2) is 176 Å². The van der Waals surface area contributed by atoms with E-state index in [1.165, 1.54) is 49.6 Å². The molecule has 0 aliphatic heterocycles. The van der Waals surface area contributed by atoms with Gasteiger partial charge in [0.15, 0.2) is 17.5 Å². The van der Waals surface area contributed by atoms with E-state index in [0.717, 1.165) is 33.6 Å². The molecule has 0 N–H and O–H groups in total. The fourth-order valence-corrected chi connectivity index (χ4v) is 8.90. The highest BCUT2D eigenvalue weighted by molar-refractivity contribution is 6.20. The summed E-state index contributed by atoms with van der Waals surface area (Å²) in [6, 6.07) is 62.2. The van der Waals surface area contributed by atoms with E-state index in [0.29, 0.717) is 17.5 Å². The molecule has 0 spiro atoms. The number of para-hydroxylation sites is 2. The van der Waals surface area contributed by atoms with Crippen LogP contribution in [0.3, 0.4) is 0 Å². The highest BCUT2D eigenvalue weighted by Crippen LogP contribution is 2.55. The molecule has 10 aromatic rings. The highest BCUT2D eigenvalue weighted by atomic mass is 15.1. The van der Waals surface area contributed by atoms with E-state index in [9.17, 15) is 0 Å². The van der Waals surface area contributed by atoms with E-state index < -0.39 is 0 Å². The molecule has 0 fully saturated rings. The lowest BCUT2D eigenvalue weighted by Crippen LogP contribution is -2.14. The average molecular weight is 706 g/mol. The van der Waals surface area contributed by atoms with Crippen LogP contribution in [0.25, 0.3) is 89.5 Å². The van der Waals surface area contributed by atoms with E-state index >= 15 is 0 Å². The van der Waals surface area contributed by atoms with E-state index in [-0.39, 0.29) is 5.41 Å². The van der Waals surface area contributed by atoms with Crippen molar-refractivity contribution in [3.8, 4) is 56.8 Å². The number of hydrogen-bond acceptors (Lipinski definition) is 3. The fraction of sp³-hybridized carbons (Fsp3) is 0.0600. The van der Waals surface area contributed by atoms with Crippen molar-refractivity contribution < 1.29 is 0 Å². The third-order valence-electron chi connectivity index (χ3n) is 11.3. The zero-order chi connectivity index (χ0) is 36.7. The highest BCUT2D eigenvalue weighted by Gasteiger charge is 2.41. The molecule has 3 aromatic heterocycles. The minimum Gasteiger partial charge on any atom is -0.307 e. The summed E-state index contributed by atoms with van der Waals surface area (Å²) >= 11 is 0. The summed E-state index contributed by atoms with van der Waals surface area (Å²) in [6.45, 7) is 4.75. The molecule has 1 aliphatic carbocycles. The first kappa shape index (κ1) is 31.4. The first-order valence-electron chi connectivity index (χ1n) is 18.8. The lowest BCUT2D eigenvalue weighted by atomic mass is 9.81. The second kappa shape index (κ2) is 12.0. The van der Waals surface area contributed by atoms with Gasteiger partial charge in [-0.05, 0) is 41.5 Å². The maximum Gasteiger partial charge on any atom is 0.164 e.